The summed E-state index contributed by atoms with van der Waals surface area (Å²) in [5.41, 5.74) is 3.64. The second-order valence-electron chi connectivity index (χ2n) is 9.24. The average molecular weight is 526 g/mol. The predicted octanol–water partition coefficient (Wildman–Crippen LogP) is 3.14. The van der Waals surface area contributed by atoms with E-state index in [1.807, 2.05) is 23.1 Å². The average Bonchev–Trinajstić information content (AvgIpc) is 3.16. The predicted molar refractivity (Wildman–Crippen MR) is 143 cm³/mol. The molecule has 2 aliphatic rings. The Hall–Kier alpha value is -3.95. The molecule has 1 fully saturated rings. The maximum atomic E-state index is 13.6. The van der Waals surface area contributed by atoms with Crippen LogP contribution in [0.1, 0.15) is 37.4 Å². The van der Waals surface area contributed by atoms with Crippen LogP contribution >= 0.6 is 0 Å². The largest absolute Gasteiger partial charge is 0.493 e. The summed E-state index contributed by atoms with van der Waals surface area (Å²) in [4.78, 5) is 41.5. The number of hydrogen-bond donors (Lipinski definition) is 1. The zero-order valence-corrected chi connectivity index (χ0v) is 22.6. The Bertz CT molecular complexity index is 1270. The molecule has 2 aromatic rings. The fourth-order valence-electron chi connectivity index (χ4n) is 5.31. The van der Waals surface area contributed by atoms with Gasteiger partial charge in [0.15, 0.2) is 11.5 Å². The number of carbonyl (C=O) groups excluding carboxylic acids is 2. The van der Waals surface area contributed by atoms with Crippen molar-refractivity contribution in [1.82, 2.24) is 10.2 Å². The molecule has 1 N–H and O–H groups in total. The van der Waals surface area contributed by atoms with Gasteiger partial charge in [0.1, 0.15) is 0 Å². The summed E-state index contributed by atoms with van der Waals surface area (Å²) in [5.74, 6) is 1.34. The highest BCUT2D eigenvalue weighted by molar-refractivity contribution is 5.84. The molecular weight excluding hydrogens is 490 g/mol. The van der Waals surface area contributed by atoms with Crippen molar-refractivity contribution in [3.8, 4) is 28.4 Å². The Labute approximate surface area is 222 Å². The summed E-state index contributed by atoms with van der Waals surface area (Å²) in [6, 6.07) is 6.91. The SMILES string of the molecule is CCOC(=O)N1CCN(c2ccc3c(cc2=O)[C@@H](NC(C)=O)CCc2cc(OC)c(OC)c(OC)c2-3)CC1. The van der Waals surface area contributed by atoms with Gasteiger partial charge in [0, 0.05) is 38.7 Å². The van der Waals surface area contributed by atoms with Crippen molar-refractivity contribution in [1.29, 1.82) is 0 Å². The first-order valence-corrected chi connectivity index (χ1v) is 12.8. The molecule has 10 nitrogen and oxygen atoms in total. The third-order valence-corrected chi connectivity index (χ3v) is 7.04. The Morgan fingerprint density at radius 3 is 2.32 bits per heavy atom. The molecule has 0 aromatic heterocycles. The number of aryl methyl sites for hydroxylation is 1. The van der Waals surface area contributed by atoms with Crippen LogP contribution in [0, 0.1) is 0 Å². The van der Waals surface area contributed by atoms with E-state index in [0.29, 0.717) is 74.1 Å². The van der Waals surface area contributed by atoms with E-state index in [1.165, 1.54) is 6.92 Å². The number of nitrogens with zero attached hydrogens (tertiary/aromatic N) is 2. The highest BCUT2D eigenvalue weighted by Gasteiger charge is 2.30. The van der Waals surface area contributed by atoms with Crippen LogP contribution in [-0.4, -0.2) is 71.0 Å². The first kappa shape index (κ1) is 27.1. The van der Waals surface area contributed by atoms with E-state index in [0.717, 1.165) is 16.7 Å². The third kappa shape index (κ3) is 5.20. The van der Waals surface area contributed by atoms with Crippen molar-refractivity contribution < 1.29 is 28.5 Å². The van der Waals surface area contributed by atoms with Crippen molar-refractivity contribution in [3.05, 3.63) is 45.6 Å². The molecule has 1 saturated heterocycles. The van der Waals surface area contributed by atoms with Gasteiger partial charge in [-0.25, -0.2) is 4.79 Å². The molecule has 2 amide bonds. The van der Waals surface area contributed by atoms with Gasteiger partial charge in [-0.05, 0) is 54.7 Å². The second kappa shape index (κ2) is 11.6. The fraction of sp³-hybridized carbons (Fsp3) is 0.464. The van der Waals surface area contributed by atoms with E-state index in [2.05, 4.69) is 5.32 Å². The molecule has 0 radical (unpaired) electrons. The summed E-state index contributed by atoms with van der Waals surface area (Å²) in [5, 5.41) is 3.02. The number of fused-ring (bicyclic) bond motifs is 3. The van der Waals surface area contributed by atoms with Gasteiger partial charge in [0.2, 0.25) is 17.1 Å². The quantitative estimate of drug-likeness (QED) is 0.613. The van der Waals surface area contributed by atoms with Gasteiger partial charge in [-0.3, -0.25) is 9.59 Å². The Morgan fingerprint density at radius 1 is 1.00 bits per heavy atom. The zero-order valence-electron chi connectivity index (χ0n) is 22.6. The molecule has 1 atom stereocenters. The number of rotatable bonds is 6. The number of piperazine rings is 1. The van der Waals surface area contributed by atoms with Gasteiger partial charge >= 0.3 is 6.09 Å². The minimum Gasteiger partial charge on any atom is -0.493 e. The van der Waals surface area contributed by atoms with Crippen LogP contribution in [0.15, 0.2) is 29.1 Å². The first-order valence-electron chi connectivity index (χ1n) is 12.8. The van der Waals surface area contributed by atoms with Crippen LogP contribution in [0.2, 0.25) is 0 Å². The molecule has 0 saturated carbocycles. The van der Waals surface area contributed by atoms with Gasteiger partial charge in [0.05, 0.1) is 39.7 Å². The minimum atomic E-state index is -0.370. The smallest absolute Gasteiger partial charge is 0.409 e. The number of ether oxygens (including phenoxy) is 4. The zero-order chi connectivity index (χ0) is 27.4. The maximum Gasteiger partial charge on any atom is 0.409 e. The van der Waals surface area contributed by atoms with Crippen molar-refractivity contribution in [3.63, 3.8) is 0 Å². The standard InChI is InChI=1S/C28H35N3O7/c1-6-38-28(34)31-13-11-30(12-14-31)22-10-8-19-20(16-23(22)33)21(29-17(2)32)9-7-18-15-24(35-3)26(36-4)27(37-5)25(18)19/h8,10,15-16,21H,6-7,9,11-14H2,1-5H3,(H,29,32)/t21-/m0/s1. The molecule has 1 heterocycles. The summed E-state index contributed by atoms with van der Waals surface area (Å²) < 4.78 is 22.2. The van der Waals surface area contributed by atoms with Crippen LogP contribution in [-0.2, 0) is 16.0 Å². The van der Waals surface area contributed by atoms with Crippen LogP contribution in [0.25, 0.3) is 11.1 Å². The molecule has 1 aliphatic heterocycles. The van der Waals surface area contributed by atoms with E-state index < -0.39 is 0 Å². The van der Waals surface area contributed by atoms with Gasteiger partial charge < -0.3 is 34.1 Å². The van der Waals surface area contributed by atoms with E-state index in [-0.39, 0.29) is 23.5 Å². The molecule has 10 heteroatoms. The topological polar surface area (TPSA) is 107 Å². The van der Waals surface area contributed by atoms with Gasteiger partial charge in [-0.15, -0.1) is 0 Å². The van der Waals surface area contributed by atoms with Crippen LogP contribution in [0.5, 0.6) is 17.2 Å². The molecule has 0 spiro atoms. The number of benzene rings is 1. The first-order chi connectivity index (χ1) is 18.3. The van der Waals surface area contributed by atoms with Crippen molar-refractivity contribution in [2.24, 2.45) is 0 Å². The molecular formula is C28H35N3O7. The number of hydrogen-bond acceptors (Lipinski definition) is 8. The Balaban J connectivity index is 1.84. The summed E-state index contributed by atoms with van der Waals surface area (Å²) in [6.07, 6.45) is 0.882. The van der Waals surface area contributed by atoms with Gasteiger partial charge in [0.25, 0.3) is 0 Å². The second-order valence-corrected chi connectivity index (χ2v) is 9.24. The third-order valence-electron chi connectivity index (χ3n) is 7.04. The minimum absolute atomic E-state index is 0.158. The monoisotopic (exact) mass is 525 g/mol. The molecule has 204 valence electrons. The molecule has 1 aliphatic carbocycles. The van der Waals surface area contributed by atoms with Gasteiger partial charge in [-0.1, -0.05) is 6.07 Å². The maximum absolute atomic E-state index is 13.6. The van der Waals surface area contributed by atoms with Crippen molar-refractivity contribution in [2.75, 3.05) is 59.0 Å². The Morgan fingerprint density at radius 2 is 1.71 bits per heavy atom. The lowest BCUT2D eigenvalue weighted by Gasteiger charge is -2.34. The van der Waals surface area contributed by atoms with Gasteiger partial charge in [-0.2, -0.15) is 0 Å². The number of anilines is 1. The molecule has 4 rings (SSSR count). The number of nitrogens with one attached hydrogen (secondary N) is 1. The Kier molecular flexibility index (Phi) is 8.29. The molecule has 0 bridgehead atoms. The number of carbonyl (C=O) groups is 2. The highest BCUT2D eigenvalue weighted by Crippen LogP contribution is 2.50. The van der Waals surface area contributed by atoms with E-state index in [4.69, 9.17) is 18.9 Å². The molecule has 38 heavy (non-hydrogen) atoms. The van der Waals surface area contributed by atoms with Crippen LogP contribution < -0.4 is 29.9 Å². The lowest BCUT2D eigenvalue weighted by molar-refractivity contribution is -0.119. The molecule has 2 aromatic carbocycles. The number of amides is 2. The highest BCUT2D eigenvalue weighted by atomic mass is 16.6. The van der Waals surface area contributed by atoms with Crippen molar-refractivity contribution in [2.45, 2.75) is 32.7 Å². The van der Waals surface area contributed by atoms with Crippen LogP contribution in [0.4, 0.5) is 10.5 Å². The van der Waals surface area contributed by atoms with E-state index in [9.17, 15) is 14.4 Å². The molecule has 0 unspecified atom stereocenters. The fourth-order valence-corrected chi connectivity index (χ4v) is 5.31. The number of methoxy groups -OCH3 is 3. The lowest BCUT2D eigenvalue weighted by Crippen LogP contribution is -2.49. The summed E-state index contributed by atoms with van der Waals surface area (Å²) >= 11 is 0. The van der Waals surface area contributed by atoms with Crippen LogP contribution in [0.3, 0.4) is 0 Å². The van der Waals surface area contributed by atoms with E-state index >= 15 is 0 Å². The summed E-state index contributed by atoms with van der Waals surface area (Å²) in [6.45, 7) is 5.49. The van der Waals surface area contributed by atoms with Crippen molar-refractivity contribution >= 4 is 17.7 Å². The normalized spacial score (nSPS) is 16.5. The van der Waals surface area contributed by atoms with E-state index in [1.54, 1.807) is 39.2 Å². The lowest BCUT2D eigenvalue weighted by atomic mass is 9.95. The summed E-state index contributed by atoms with van der Waals surface area (Å²) in [7, 11) is 4.70.